The van der Waals surface area contributed by atoms with E-state index in [0.717, 1.165) is 24.2 Å². The molecule has 0 saturated heterocycles. The Morgan fingerprint density at radius 3 is 2.21 bits per heavy atom. The second-order valence-electron chi connectivity index (χ2n) is 5.27. The molecule has 0 bridgehead atoms. The van der Waals surface area contributed by atoms with Gasteiger partial charge in [-0.25, -0.2) is 9.97 Å². The zero-order valence-electron chi connectivity index (χ0n) is 11.0. The van der Waals surface area contributed by atoms with Gasteiger partial charge in [-0.1, -0.05) is 43.2 Å². The van der Waals surface area contributed by atoms with Crippen LogP contribution in [0.15, 0.2) is 42.7 Å². The lowest BCUT2D eigenvalue weighted by Crippen LogP contribution is -2.26. The first kappa shape index (κ1) is 12.3. The predicted molar refractivity (Wildman–Crippen MR) is 75.6 cm³/mol. The van der Waals surface area contributed by atoms with Crippen LogP contribution in [-0.2, 0) is 12.0 Å². The van der Waals surface area contributed by atoms with Crippen LogP contribution in [-0.4, -0.2) is 9.97 Å². The number of aromatic nitrogens is 2. The Bertz CT molecular complexity index is 528. The summed E-state index contributed by atoms with van der Waals surface area (Å²) in [5, 5.41) is 0. The molecule has 1 heterocycles. The highest BCUT2D eigenvalue weighted by molar-refractivity contribution is 5.34. The summed E-state index contributed by atoms with van der Waals surface area (Å²) in [5.41, 5.74) is 7.96. The lowest BCUT2D eigenvalue weighted by molar-refractivity contribution is 0.498. The molecule has 3 rings (SSSR count). The average Bonchev–Trinajstić information content (AvgIpc) is 2.99. The molecule has 2 aromatic rings. The van der Waals surface area contributed by atoms with Crippen molar-refractivity contribution in [2.75, 3.05) is 0 Å². The van der Waals surface area contributed by atoms with Crippen molar-refractivity contribution >= 4 is 0 Å². The van der Waals surface area contributed by atoms with E-state index in [1.165, 1.54) is 18.4 Å². The van der Waals surface area contributed by atoms with E-state index in [2.05, 4.69) is 40.3 Å². The Morgan fingerprint density at radius 2 is 1.63 bits per heavy atom. The van der Waals surface area contributed by atoms with Gasteiger partial charge in [0.05, 0.1) is 5.41 Å². The monoisotopic (exact) mass is 253 g/mol. The number of nitrogens with two attached hydrogens (primary N) is 1. The van der Waals surface area contributed by atoms with Gasteiger partial charge in [0.25, 0.3) is 0 Å². The standard InChI is InChI=1S/C16H19N3/c17-10-13-11-18-15(19-12-13)16(8-4-5-9-16)14-6-2-1-3-7-14/h1-3,6-7,11-12H,4-5,8-10,17H2. The molecule has 0 unspecified atom stereocenters. The van der Waals surface area contributed by atoms with Gasteiger partial charge < -0.3 is 5.73 Å². The van der Waals surface area contributed by atoms with Crippen LogP contribution in [0.5, 0.6) is 0 Å². The lowest BCUT2D eigenvalue weighted by atomic mass is 9.78. The number of nitrogens with zero attached hydrogens (tertiary/aromatic N) is 2. The van der Waals surface area contributed by atoms with Gasteiger partial charge in [0, 0.05) is 24.5 Å². The van der Waals surface area contributed by atoms with Crippen molar-refractivity contribution in [3.05, 3.63) is 59.7 Å². The Labute approximate surface area is 113 Å². The van der Waals surface area contributed by atoms with Crippen molar-refractivity contribution in [3.63, 3.8) is 0 Å². The zero-order valence-corrected chi connectivity index (χ0v) is 11.0. The Hall–Kier alpha value is -1.74. The normalized spacial score (nSPS) is 17.5. The molecule has 0 amide bonds. The molecule has 1 aliphatic carbocycles. The summed E-state index contributed by atoms with van der Waals surface area (Å²) < 4.78 is 0. The molecule has 0 spiro atoms. The lowest BCUT2D eigenvalue weighted by Gasteiger charge is -2.28. The van der Waals surface area contributed by atoms with Crippen molar-refractivity contribution in [2.45, 2.75) is 37.6 Å². The van der Waals surface area contributed by atoms with E-state index in [1.54, 1.807) is 0 Å². The highest BCUT2D eigenvalue weighted by atomic mass is 14.9. The highest BCUT2D eigenvalue weighted by Crippen LogP contribution is 2.44. The Balaban J connectivity index is 2.05. The minimum absolute atomic E-state index is 0.00832. The van der Waals surface area contributed by atoms with E-state index in [1.807, 2.05) is 12.4 Å². The van der Waals surface area contributed by atoms with Crippen molar-refractivity contribution in [1.82, 2.24) is 9.97 Å². The first-order valence-electron chi connectivity index (χ1n) is 6.92. The smallest absolute Gasteiger partial charge is 0.138 e. The van der Waals surface area contributed by atoms with Crippen LogP contribution in [0.4, 0.5) is 0 Å². The molecular formula is C16H19N3. The molecule has 19 heavy (non-hydrogen) atoms. The van der Waals surface area contributed by atoms with Crippen LogP contribution in [0, 0.1) is 0 Å². The third-order valence-electron chi connectivity index (χ3n) is 4.15. The fraction of sp³-hybridized carbons (Fsp3) is 0.375. The molecule has 2 N–H and O–H groups in total. The molecule has 0 radical (unpaired) electrons. The quantitative estimate of drug-likeness (QED) is 0.915. The fourth-order valence-corrected chi connectivity index (χ4v) is 3.08. The van der Waals surface area contributed by atoms with Gasteiger partial charge in [-0.05, 0) is 18.4 Å². The predicted octanol–water partition coefficient (Wildman–Crippen LogP) is 2.80. The highest BCUT2D eigenvalue weighted by Gasteiger charge is 2.39. The van der Waals surface area contributed by atoms with E-state index in [9.17, 15) is 0 Å². The number of hydrogen-bond acceptors (Lipinski definition) is 3. The van der Waals surface area contributed by atoms with Gasteiger partial charge in [-0.3, -0.25) is 0 Å². The van der Waals surface area contributed by atoms with Gasteiger partial charge in [-0.2, -0.15) is 0 Å². The van der Waals surface area contributed by atoms with E-state index >= 15 is 0 Å². The maximum absolute atomic E-state index is 5.62. The van der Waals surface area contributed by atoms with Crippen LogP contribution < -0.4 is 5.73 Å². The molecule has 0 aliphatic heterocycles. The van der Waals surface area contributed by atoms with Crippen molar-refractivity contribution in [2.24, 2.45) is 5.73 Å². The molecule has 1 aliphatic rings. The van der Waals surface area contributed by atoms with Gasteiger partial charge in [0.1, 0.15) is 5.82 Å². The molecule has 98 valence electrons. The van der Waals surface area contributed by atoms with Crippen LogP contribution >= 0.6 is 0 Å². The van der Waals surface area contributed by atoms with Crippen LogP contribution in [0.1, 0.15) is 42.6 Å². The van der Waals surface area contributed by atoms with Gasteiger partial charge in [-0.15, -0.1) is 0 Å². The van der Waals surface area contributed by atoms with Crippen LogP contribution in [0.25, 0.3) is 0 Å². The van der Waals surface area contributed by atoms with E-state index < -0.39 is 0 Å². The third kappa shape index (κ3) is 2.15. The van der Waals surface area contributed by atoms with Gasteiger partial charge >= 0.3 is 0 Å². The summed E-state index contributed by atoms with van der Waals surface area (Å²) >= 11 is 0. The fourth-order valence-electron chi connectivity index (χ4n) is 3.08. The number of benzene rings is 1. The van der Waals surface area contributed by atoms with Gasteiger partial charge in [0.15, 0.2) is 0 Å². The maximum atomic E-state index is 5.62. The first-order chi connectivity index (χ1) is 9.35. The molecule has 1 fully saturated rings. The molecule has 1 saturated carbocycles. The summed E-state index contributed by atoms with van der Waals surface area (Å²) in [6.07, 6.45) is 8.50. The molecule has 3 heteroatoms. The summed E-state index contributed by atoms with van der Waals surface area (Å²) in [7, 11) is 0. The van der Waals surface area contributed by atoms with Gasteiger partial charge in [0.2, 0.25) is 0 Å². The van der Waals surface area contributed by atoms with Crippen molar-refractivity contribution < 1.29 is 0 Å². The largest absolute Gasteiger partial charge is 0.326 e. The molecule has 1 aromatic carbocycles. The number of rotatable bonds is 3. The molecule has 0 atom stereocenters. The van der Waals surface area contributed by atoms with Crippen LogP contribution in [0.2, 0.25) is 0 Å². The van der Waals surface area contributed by atoms with Crippen molar-refractivity contribution in [3.8, 4) is 0 Å². The average molecular weight is 253 g/mol. The summed E-state index contributed by atoms with van der Waals surface area (Å²) in [6, 6.07) is 10.7. The summed E-state index contributed by atoms with van der Waals surface area (Å²) in [6.45, 7) is 0.499. The Kier molecular flexibility index (Phi) is 3.30. The molecule has 3 nitrogen and oxygen atoms in total. The number of hydrogen-bond donors (Lipinski definition) is 1. The first-order valence-corrected chi connectivity index (χ1v) is 6.92. The minimum atomic E-state index is 0.00832. The third-order valence-corrected chi connectivity index (χ3v) is 4.15. The summed E-state index contributed by atoms with van der Waals surface area (Å²) in [4.78, 5) is 9.18. The Morgan fingerprint density at radius 1 is 1.00 bits per heavy atom. The zero-order chi connectivity index (χ0) is 13.1. The SMILES string of the molecule is NCc1cnc(C2(c3ccccc3)CCCC2)nc1. The molecular weight excluding hydrogens is 234 g/mol. The van der Waals surface area contributed by atoms with E-state index in [4.69, 9.17) is 5.73 Å². The van der Waals surface area contributed by atoms with Crippen molar-refractivity contribution in [1.29, 1.82) is 0 Å². The van der Waals surface area contributed by atoms with Crippen LogP contribution in [0.3, 0.4) is 0 Å². The van der Waals surface area contributed by atoms with E-state index in [0.29, 0.717) is 6.54 Å². The molecule has 1 aromatic heterocycles. The summed E-state index contributed by atoms with van der Waals surface area (Å²) in [5.74, 6) is 0.952. The van der Waals surface area contributed by atoms with E-state index in [-0.39, 0.29) is 5.41 Å². The minimum Gasteiger partial charge on any atom is -0.326 e. The second-order valence-corrected chi connectivity index (χ2v) is 5.27. The topological polar surface area (TPSA) is 51.8 Å². The maximum Gasteiger partial charge on any atom is 0.138 e. The second kappa shape index (κ2) is 5.10.